The highest BCUT2D eigenvalue weighted by atomic mass is 35.5. The maximum Gasteiger partial charge on any atom is 0.0494 e. The molecule has 0 radical (unpaired) electrons. The Bertz CT molecular complexity index is 596. The smallest absolute Gasteiger partial charge is 0.0494 e. The van der Waals surface area contributed by atoms with Crippen molar-refractivity contribution in [3.63, 3.8) is 0 Å². The van der Waals surface area contributed by atoms with Gasteiger partial charge in [-0.25, -0.2) is 0 Å². The number of benzene rings is 2. The van der Waals surface area contributed by atoms with Crippen molar-refractivity contribution >= 4 is 28.9 Å². The summed E-state index contributed by atoms with van der Waals surface area (Å²) in [7, 11) is 0. The Balaban J connectivity index is 1.86. The first-order valence-corrected chi connectivity index (χ1v) is 6.93. The Morgan fingerprint density at radius 1 is 1.05 bits per heavy atom. The van der Waals surface area contributed by atoms with Crippen LogP contribution in [0.15, 0.2) is 42.5 Å². The van der Waals surface area contributed by atoms with Crippen LogP contribution in [0.5, 0.6) is 0 Å². The molecular formula is C15H14Cl2N2. The van der Waals surface area contributed by atoms with Crippen LogP contribution in [0.4, 0.5) is 5.69 Å². The molecule has 2 N–H and O–H groups in total. The van der Waals surface area contributed by atoms with Gasteiger partial charge >= 0.3 is 0 Å². The van der Waals surface area contributed by atoms with Crippen LogP contribution < -0.4 is 10.6 Å². The summed E-state index contributed by atoms with van der Waals surface area (Å²) in [4.78, 5) is 2.28. The summed E-state index contributed by atoms with van der Waals surface area (Å²) in [5.74, 6) is 0. The van der Waals surface area contributed by atoms with E-state index in [1.54, 1.807) is 0 Å². The van der Waals surface area contributed by atoms with Crippen molar-refractivity contribution in [3.8, 4) is 0 Å². The van der Waals surface area contributed by atoms with Crippen molar-refractivity contribution < 1.29 is 0 Å². The zero-order chi connectivity index (χ0) is 13.4. The third-order valence-corrected chi connectivity index (χ3v) is 3.92. The first-order valence-electron chi connectivity index (χ1n) is 6.18. The number of nitrogens with two attached hydrogens (primary N) is 1. The molecule has 0 bridgehead atoms. The van der Waals surface area contributed by atoms with Crippen molar-refractivity contribution in [2.24, 2.45) is 5.73 Å². The second-order valence-corrected chi connectivity index (χ2v) is 5.69. The van der Waals surface area contributed by atoms with E-state index in [9.17, 15) is 0 Å². The van der Waals surface area contributed by atoms with Crippen molar-refractivity contribution in [1.82, 2.24) is 0 Å². The third-order valence-electron chi connectivity index (χ3n) is 3.43. The molecule has 2 aromatic carbocycles. The van der Waals surface area contributed by atoms with Crippen LogP contribution in [-0.2, 0) is 6.54 Å². The Labute approximate surface area is 122 Å². The second-order valence-electron chi connectivity index (χ2n) is 4.82. The first kappa shape index (κ1) is 12.8. The predicted molar refractivity (Wildman–Crippen MR) is 80.9 cm³/mol. The SMILES string of the molecule is N[C@@H]1CN(Cc2ccc(Cl)cc2)c2ccc(Cl)cc21. The summed E-state index contributed by atoms with van der Waals surface area (Å²) >= 11 is 11.9. The average molecular weight is 293 g/mol. The molecule has 1 atom stereocenters. The van der Waals surface area contributed by atoms with Crippen LogP contribution in [0.3, 0.4) is 0 Å². The van der Waals surface area contributed by atoms with E-state index >= 15 is 0 Å². The summed E-state index contributed by atoms with van der Waals surface area (Å²) in [6.07, 6.45) is 0. The Morgan fingerprint density at radius 2 is 1.74 bits per heavy atom. The van der Waals surface area contributed by atoms with E-state index in [1.165, 1.54) is 11.3 Å². The van der Waals surface area contributed by atoms with Gasteiger partial charge in [0.15, 0.2) is 0 Å². The molecular weight excluding hydrogens is 279 g/mol. The lowest BCUT2D eigenvalue weighted by molar-refractivity contribution is 0.720. The van der Waals surface area contributed by atoms with Crippen LogP contribution in [-0.4, -0.2) is 6.54 Å². The number of halogens is 2. The minimum Gasteiger partial charge on any atom is -0.365 e. The van der Waals surface area contributed by atoms with Gasteiger partial charge in [-0.2, -0.15) is 0 Å². The summed E-state index contributed by atoms with van der Waals surface area (Å²) in [5, 5.41) is 1.50. The van der Waals surface area contributed by atoms with Gasteiger partial charge in [0.05, 0.1) is 0 Å². The molecule has 0 aromatic heterocycles. The maximum absolute atomic E-state index is 6.16. The molecule has 0 unspecified atom stereocenters. The minimum absolute atomic E-state index is 0.0287. The average Bonchev–Trinajstić information content (AvgIpc) is 2.69. The number of fused-ring (bicyclic) bond motifs is 1. The molecule has 0 aliphatic carbocycles. The Morgan fingerprint density at radius 3 is 2.47 bits per heavy atom. The molecule has 2 nitrogen and oxygen atoms in total. The van der Waals surface area contributed by atoms with Crippen molar-refractivity contribution in [3.05, 3.63) is 63.6 Å². The second kappa shape index (κ2) is 5.04. The lowest BCUT2D eigenvalue weighted by Gasteiger charge is -2.19. The molecule has 19 heavy (non-hydrogen) atoms. The molecule has 0 amide bonds. The standard InChI is InChI=1S/C15H14Cl2N2/c16-11-3-1-10(2-4-11)8-19-9-14(18)13-7-12(17)5-6-15(13)19/h1-7,14H,8-9,18H2/t14-/m1/s1. The summed E-state index contributed by atoms with van der Waals surface area (Å²) in [6.45, 7) is 1.65. The van der Waals surface area contributed by atoms with Crippen molar-refractivity contribution in [1.29, 1.82) is 0 Å². The van der Waals surface area contributed by atoms with E-state index in [0.29, 0.717) is 0 Å². The van der Waals surface area contributed by atoms with Gasteiger partial charge in [-0.15, -0.1) is 0 Å². The largest absolute Gasteiger partial charge is 0.365 e. The fraction of sp³-hybridized carbons (Fsp3) is 0.200. The van der Waals surface area contributed by atoms with E-state index in [2.05, 4.69) is 4.90 Å². The van der Waals surface area contributed by atoms with Gasteiger partial charge in [0.2, 0.25) is 0 Å². The molecule has 3 rings (SSSR count). The van der Waals surface area contributed by atoms with Crippen LogP contribution in [0, 0.1) is 0 Å². The lowest BCUT2D eigenvalue weighted by Crippen LogP contribution is -2.23. The highest BCUT2D eigenvalue weighted by Crippen LogP contribution is 2.36. The van der Waals surface area contributed by atoms with E-state index in [1.807, 2.05) is 42.5 Å². The first-order chi connectivity index (χ1) is 9.13. The molecule has 1 aliphatic rings. The highest BCUT2D eigenvalue weighted by Gasteiger charge is 2.25. The third kappa shape index (κ3) is 2.57. The normalized spacial score (nSPS) is 17.6. The van der Waals surface area contributed by atoms with Gasteiger partial charge in [-0.3, -0.25) is 0 Å². The fourth-order valence-corrected chi connectivity index (χ4v) is 2.81. The number of anilines is 1. The summed E-state index contributed by atoms with van der Waals surface area (Å²) in [5.41, 5.74) is 9.68. The Hall–Kier alpha value is -1.22. The maximum atomic E-state index is 6.16. The van der Waals surface area contributed by atoms with Crippen LogP contribution in [0.25, 0.3) is 0 Å². The topological polar surface area (TPSA) is 29.3 Å². The molecule has 98 valence electrons. The minimum atomic E-state index is 0.0287. The summed E-state index contributed by atoms with van der Waals surface area (Å²) < 4.78 is 0. The number of nitrogens with zero attached hydrogens (tertiary/aromatic N) is 1. The zero-order valence-electron chi connectivity index (χ0n) is 10.3. The van der Waals surface area contributed by atoms with Crippen LogP contribution in [0.2, 0.25) is 10.0 Å². The molecule has 1 aliphatic heterocycles. The van der Waals surface area contributed by atoms with Gasteiger partial charge < -0.3 is 10.6 Å². The summed E-state index contributed by atoms with van der Waals surface area (Å²) in [6, 6.07) is 13.9. The Kier molecular flexibility index (Phi) is 3.40. The van der Waals surface area contributed by atoms with Gasteiger partial charge in [0, 0.05) is 34.9 Å². The molecule has 0 saturated carbocycles. The van der Waals surface area contributed by atoms with Gasteiger partial charge in [0.1, 0.15) is 0 Å². The number of hydrogen-bond donors (Lipinski definition) is 1. The molecule has 1 heterocycles. The van der Waals surface area contributed by atoms with Crippen LogP contribution in [0.1, 0.15) is 17.2 Å². The number of rotatable bonds is 2. The van der Waals surface area contributed by atoms with E-state index in [0.717, 1.165) is 28.7 Å². The molecule has 0 saturated heterocycles. The molecule has 0 spiro atoms. The predicted octanol–water partition coefficient (Wildman–Crippen LogP) is 4.01. The molecule has 4 heteroatoms. The zero-order valence-corrected chi connectivity index (χ0v) is 11.8. The van der Waals surface area contributed by atoms with Gasteiger partial charge in [0.25, 0.3) is 0 Å². The quantitative estimate of drug-likeness (QED) is 0.906. The monoisotopic (exact) mass is 292 g/mol. The van der Waals surface area contributed by atoms with E-state index in [4.69, 9.17) is 28.9 Å². The van der Waals surface area contributed by atoms with Gasteiger partial charge in [-0.1, -0.05) is 35.3 Å². The van der Waals surface area contributed by atoms with Crippen LogP contribution >= 0.6 is 23.2 Å². The number of hydrogen-bond acceptors (Lipinski definition) is 2. The van der Waals surface area contributed by atoms with Crippen molar-refractivity contribution in [2.45, 2.75) is 12.6 Å². The highest BCUT2D eigenvalue weighted by molar-refractivity contribution is 6.31. The van der Waals surface area contributed by atoms with Crippen molar-refractivity contribution in [2.75, 3.05) is 11.4 Å². The lowest BCUT2D eigenvalue weighted by atomic mass is 10.1. The van der Waals surface area contributed by atoms with E-state index in [-0.39, 0.29) is 6.04 Å². The molecule has 0 fully saturated rings. The molecule has 2 aromatic rings. The van der Waals surface area contributed by atoms with E-state index < -0.39 is 0 Å². The fourth-order valence-electron chi connectivity index (χ4n) is 2.50. The van der Waals surface area contributed by atoms with Gasteiger partial charge in [-0.05, 0) is 41.5 Å².